The molecule has 0 aliphatic carbocycles. The summed E-state index contributed by atoms with van der Waals surface area (Å²) in [7, 11) is -0.366. The van der Waals surface area contributed by atoms with Crippen molar-refractivity contribution in [3.63, 3.8) is 0 Å². The standard InChI is InChI=1S/C14H22BNO2/c1-7-16-10-8-9-12(16)11(2)15-17-13(3,4)14(5,6)18-15/h8-10H,2,7H2,1,3-6H3. The van der Waals surface area contributed by atoms with Gasteiger partial charge >= 0.3 is 7.12 Å². The number of hydrogen-bond donors (Lipinski definition) is 0. The van der Waals surface area contributed by atoms with Crippen LogP contribution in [0.4, 0.5) is 0 Å². The van der Waals surface area contributed by atoms with Crippen LogP contribution in [-0.2, 0) is 15.9 Å². The second-order valence-corrected chi connectivity index (χ2v) is 5.79. The molecule has 0 atom stereocenters. The zero-order valence-electron chi connectivity index (χ0n) is 12.0. The van der Waals surface area contributed by atoms with Crippen molar-refractivity contribution >= 4 is 12.6 Å². The summed E-state index contributed by atoms with van der Waals surface area (Å²) >= 11 is 0. The molecule has 0 radical (unpaired) electrons. The smallest absolute Gasteiger partial charge is 0.399 e. The Morgan fingerprint density at radius 3 is 2.33 bits per heavy atom. The van der Waals surface area contributed by atoms with E-state index in [1.54, 1.807) is 0 Å². The summed E-state index contributed by atoms with van der Waals surface area (Å²) in [6, 6.07) is 4.08. The third-order valence-electron chi connectivity index (χ3n) is 4.04. The number of hydrogen-bond acceptors (Lipinski definition) is 2. The average molecular weight is 247 g/mol. The van der Waals surface area contributed by atoms with Gasteiger partial charge in [-0.15, -0.1) is 0 Å². The lowest BCUT2D eigenvalue weighted by Gasteiger charge is -2.32. The van der Waals surface area contributed by atoms with E-state index in [2.05, 4.69) is 51.8 Å². The topological polar surface area (TPSA) is 23.4 Å². The molecule has 98 valence electrons. The number of aryl methyl sites for hydroxylation is 1. The van der Waals surface area contributed by atoms with Gasteiger partial charge in [-0.2, -0.15) is 0 Å². The number of nitrogens with zero attached hydrogens (tertiary/aromatic N) is 1. The minimum Gasteiger partial charge on any atom is -0.399 e. The van der Waals surface area contributed by atoms with Gasteiger partial charge in [0.25, 0.3) is 0 Å². The summed E-state index contributed by atoms with van der Waals surface area (Å²) < 4.78 is 14.2. The molecule has 0 spiro atoms. The van der Waals surface area contributed by atoms with Gasteiger partial charge in [0.05, 0.1) is 11.2 Å². The Labute approximate surface area is 110 Å². The molecule has 0 aromatic carbocycles. The van der Waals surface area contributed by atoms with Gasteiger partial charge in [0.15, 0.2) is 0 Å². The summed E-state index contributed by atoms with van der Waals surface area (Å²) in [5.74, 6) is 0. The molecule has 0 unspecified atom stereocenters. The van der Waals surface area contributed by atoms with Crippen LogP contribution < -0.4 is 0 Å². The fraction of sp³-hybridized carbons (Fsp3) is 0.571. The molecule has 0 saturated carbocycles. The number of rotatable bonds is 3. The molecule has 0 amide bonds. The third kappa shape index (κ3) is 2.04. The van der Waals surface area contributed by atoms with Gasteiger partial charge in [-0.1, -0.05) is 6.58 Å². The second-order valence-electron chi connectivity index (χ2n) is 5.79. The highest BCUT2D eigenvalue weighted by Gasteiger charge is 2.52. The van der Waals surface area contributed by atoms with Gasteiger partial charge in [0.1, 0.15) is 0 Å². The summed E-state index contributed by atoms with van der Waals surface area (Å²) in [5, 5.41) is 0. The summed E-state index contributed by atoms with van der Waals surface area (Å²) in [6.45, 7) is 15.4. The lowest BCUT2D eigenvalue weighted by molar-refractivity contribution is 0.00578. The zero-order chi connectivity index (χ0) is 13.6. The van der Waals surface area contributed by atoms with Crippen LogP contribution in [0.1, 0.15) is 40.3 Å². The van der Waals surface area contributed by atoms with E-state index >= 15 is 0 Å². The van der Waals surface area contributed by atoms with Crippen molar-refractivity contribution in [2.24, 2.45) is 0 Å². The van der Waals surface area contributed by atoms with Crippen LogP contribution in [0.25, 0.3) is 5.47 Å². The maximum Gasteiger partial charge on any atom is 0.496 e. The molecular formula is C14H22BNO2. The van der Waals surface area contributed by atoms with Crippen LogP contribution in [0.2, 0.25) is 0 Å². The van der Waals surface area contributed by atoms with Crippen molar-refractivity contribution < 1.29 is 9.31 Å². The molecule has 18 heavy (non-hydrogen) atoms. The molecule has 4 heteroatoms. The minimum absolute atomic E-state index is 0.315. The molecule has 1 saturated heterocycles. The molecule has 2 heterocycles. The summed E-state index contributed by atoms with van der Waals surface area (Å²) in [5.41, 5.74) is 1.34. The molecule has 3 nitrogen and oxygen atoms in total. The first-order valence-corrected chi connectivity index (χ1v) is 6.48. The predicted molar refractivity (Wildman–Crippen MR) is 75.2 cm³/mol. The lowest BCUT2D eigenvalue weighted by atomic mass is 9.77. The molecule has 1 fully saturated rings. The van der Waals surface area contributed by atoms with E-state index in [0.717, 1.165) is 17.7 Å². The Balaban J connectivity index is 2.23. The van der Waals surface area contributed by atoms with Crippen molar-refractivity contribution in [1.29, 1.82) is 0 Å². The van der Waals surface area contributed by atoms with Crippen molar-refractivity contribution in [1.82, 2.24) is 4.57 Å². The third-order valence-corrected chi connectivity index (χ3v) is 4.04. The molecule has 0 N–H and O–H groups in total. The molecule has 0 bridgehead atoms. The van der Waals surface area contributed by atoms with Crippen LogP contribution in [0.3, 0.4) is 0 Å². The van der Waals surface area contributed by atoms with E-state index < -0.39 is 0 Å². The molecule has 1 aliphatic heterocycles. The SMILES string of the molecule is C=C(B1OC(C)(C)C(C)(C)O1)c1cccn1CC. The van der Waals surface area contributed by atoms with E-state index in [1.807, 2.05) is 12.3 Å². The first-order valence-electron chi connectivity index (χ1n) is 6.48. The van der Waals surface area contributed by atoms with E-state index in [0.29, 0.717) is 0 Å². The van der Waals surface area contributed by atoms with Gasteiger partial charge in [-0.25, -0.2) is 0 Å². The predicted octanol–water partition coefficient (Wildman–Crippen LogP) is 3.15. The van der Waals surface area contributed by atoms with Crippen LogP contribution in [0.15, 0.2) is 24.9 Å². The normalized spacial score (nSPS) is 21.3. The highest BCUT2D eigenvalue weighted by molar-refractivity contribution is 6.68. The first kappa shape index (κ1) is 13.4. The van der Waals surface area contributed by atoms with Crippen LogP contribution in [0, 0.1) is 0 Å². The van der Waals surface area contributed by atoms with E-state index in [4.69, 9.17) is 9.31 Å². The Hall–Kier alpha value is -0.995. The molecule has 2 rings (SSSR count). The van der Waals surface area contributed by atoms with Gasteiger partial charge in [0.2, 0.25) is 0 Å². The highest BCUT2D eigenvalue weighted by atomic mass is 16.7. The minimum atomic E-state index is -0.366. The van der Waals surface area contributed by atoms with E-state index in [9.17, 15) is 0 Å². The van der Waals surface area contributed by atoms with Crippen LogP contribution in [-0.4, -0.2) is 22.9 Å². The maximum atomic E-state index is 6.01. The summed E-state index contributed by atoms with van der Waals surface area (Å²) in [4.78, 5) is 0. The largest absolute Gasteiger partial charge is 0.496 e. The quantitative estimate of drug-likeness (QED) is 0.766. The Kier molecular flexibility index (Phi) is 3.20. The van der Waals surface area contributed by atoms with Crippen molar-refractivity contribution in [2.45, 2.75) is 52.4 Å². The van der Waals surface area contributed by atoms with E-state index in [-0.39, 0.29) is 18.3 Å². The number of aromatic nitrogens is 1. The van der Waals surface area contributed by atoms with Crippen molar-refractivity contribution in [2.75, 3.05) is 0 Å². The van der Waals surface area contributed by atoms with Crippen molar-refractivity contribution in [3.8, 4) is 0 Å². The van der Waals surface area contributed by atoms with Crippen LogP contribution in [0.5, 0.6) is 0 Å². The average Bonchev–Trinajstić information content (AvgIpc) is 2.81. The summed E-state index contributed by atoms with van der Waals surface area (Å²) in [6.07, 6.45) is 2.05. The molecule has 1 aliphatic rings. The van der Waals surface area contributed by atoms with Gasteiger partial charge in [-0.3, -0.25) is 0 Å². The Bertz CT molecular complexity index is 446. The lowest BCUT2D eigenvalue weighted by Crippen LogP contribution is -2.41. The maximum absolute atomic E-state index is 6.01. The highest BCUT2D eigenvalue weighted by Crippen LogP contribution is 2.40. The van der Waals surface area contributed by atoms with Gasteiger partial charge < -0.3 is 13.9 Å². The fourth-order valence-corrected chi connectivity index (χ4v) is 2.09. The Morgan fingerprint density at radius 1 is 1.28 bits per heavy atom. The monoisotopic (exact) mass is 247 g/mol. The molecule has 1 aromatic heterocycles. The van der Waals surface area contributed by atoms with Gasteiger partial charge in [-0.05, 0) is 52.2 Å². The van der Waals surface area contributed by atoms with E-state index in [1.165, 1.54) is 0 Å². The van der Waals surface area contributed by atoms with Crippen molar-refractivity contribution in [3.05, 3.63) is 30.6 Å². The zero-order valence-corrected chi connectivity index (χ0v) is 12.0. The first-order chi connectivity index (χ1) is 8.28. The second kappa shape index (κ2) is 4.28. The Morgan fingerprint density at radius 2 is 1.83 bits per heavy atom. The molecule has 1 aromatic rings. The molecular weight excluding hydrogens is 225 g/mol. The van der Waals surface area contributed by atoms with Gasteiger partial charge in [0, 0.05) is 18.4 Å². The fourth-order valence-electron chi connectivity index (χ4n) is 2.09. The van der Waals surface area contributed by atoms with Crippen LogP contribution >= 0.6 is 0 Å².